The van der Waals surface area contributed by atoms with Crippen molar-refractivity contribution in [1.29, 1.82) is 0 Å². The number of anilines is 1. The van der Waals surface area contributed by atoms with Crippen molar-refractivity contribution in [2.45, 2.75) is 70.6 Å². The fourth-order valence-electron chi connectivity index (χ4n) is 6.11. The second-order valence-electron chi connectivity index (χ2n) is 11.5. The molecular weight excluding hydrogens is 578 g/mol. The summed E-state index contributed by atoms with van der Waals surface area (Å²) >= 11 is 1.59. The SMILES string of the molecule is CC[C@@H](C)[C@H](NC(=O)Cc1csc2ccccc12)C(=O)N[C@H]1CCc2cccc3c2N(C1=O)[C@H](C(=O)NCc1cn[nH]n1)C3. The molecule has 11 nitrogen and oxygen atoms in total. The maximum Gasteiger partial charge on any atom is 0.250 e. The second-order valence-corrected chi connectivity index (χ2v) is 12.4. The largest absolute Gasteiger partial charge is 0.348 e. The number of fused-ring (bicyclic) bond motifs is 1. The number of hydrogen-bond donors (Lipinski definition) is 4. The lowest BCUT2D eigenvalue weighted by Gasteiger charge is -2.30. The lowest BCUT2D eigenvalue weighted by Crippen LogP contribution is -2.58. The molecule has 2 aliphatic rings. The first-order valence-electron chi connectivity index (χ1n) is 14.9. The topological polar surface area (TPSA) is 149 Å². The maximum absolute atomic E-state index is 14.1. The van der Waals surface area contributed by atoms with E-state index in [4.69, 9.17) is 0 Å². The van der Waals surface area contributed by atoms with Gasteiger partial charge in [0.25, 0.3) is 0 Å². The van der Waals surface area contributed by atoms with Crippen molar-refractivity contribution >= 4 is 50.7 Å². The number of benzene rings is 2. The molecule has 0 fully saturated rings. The average molecular weight is 614 g/mol. The highest BCUT2D eigenvalue weighted by Gasteiger charge is 2.44. The number of para-hydroxylation sites is 1. The first-order valence-corrected chi connectivity index (χ1v) is 15.8. The highest BCUT2D eigenvalue weighted by molar-refractivity contribution is 7.17. The minimum absolute atomic E-state index is 0.156. The molecule has 0 spiro atoms. The first kappa shape index (κ1) is 29.5. The average Bonchev–Trinajstić information content (AvgIpc) is 3.77. The second kappa shape index (κ2) is 12.6. The summed E-state index contributed by atoms with van der Waals surface area (Å²) in [6, 6.07) is 11.4. The molecule has 0 unspecified atom stereocenters. The number of nitrogens with one attached hydrogen (secondary N) is 4. The van der Waals surface area contributed by atoms with E-state index in [1.54, 1.807) is 16.2 Å². The van der Waals surface area contributed by atoms with Gasteiger partial charge in [-0.15, -0.1) is 11.3 Å². The molecule has 4 atom stereocenters. The normalized spacial score (nSPS) is 18.8. The number of thiophene rings is 1. The van der Waals surface area contributed by atoms with Gasteiger partial charge >= 0.3 is 0 Å². The molecule has 12 heteroatoms. The van der Waals surface area contributed by atoms with E-state index in [0.29, 0.717) is 31.4 Å². The van der Waals surface area contributed by atoms with Gasteiger partial charge in [-0.25, -0.2) is 0 Å². The minimum Gasteiger partial charge on any atom is -0.348 e. The summed E-state index contributed by atoms with van der Waals surface area (Å²) in [4.78, 5) is 56.0. The van der Waals surface area contributed by atoms with Crippen LogP contribution in [-0.4, -0.2) is 57.2 Å². The van der Waals surface area contributed by atoms with E-state index in [0.717, 1.165) is 32.5 Å². The van der Waals surface area contributed by atoms with Crippen LogP contribution in [0, 0.1) is 5.92 Å². The number of rotatable bonds is 10. The molecule has 6 rings (SSSR count). The Hall–Kier alpha value is -4.58. The van der Waals surface area contributed by atoms with E-state index in [-0.39, 0.29) is 36.6 Å². The van der Waals surface area contributed by atoms with Gasteiger partial charge in [-0.05, 0) is 52.3 Å². The molecule has 0 bridgehead atoms. The third kappa shape index (κ3) is 5.81. The lowest BCUT2D eigenvalue weighted by atomic mass is 9.96. The number of H-pyrrole nitrogens is 1. The van der Waals surface area contributed by atoms with Crippen molar-refractivity contribution in [3.05, 3.63) is 76.4 Å². The molecular formula is C32H35N7O4S. The number of amides is 4. The smallest absolute Gasteiger partial charge is 0.250 e. The number of aromatic amines is 1. The van der Waals surface area contributed by atoms with Crippen LogP contribution in [0.5, 0.6) is 0 Å². The van der Waals surface area contributed by atoms with Crippen LogP contribution in [0.3, 0.4) is 0 Å². The van der Waals surface area contributed by atoms with Crippen LogP contribution < -0.4 is 20.9 Å². The van der Waals surface area contributed by atoms with Gasteiger partial charge in [-0.2, -0.15) is 15.4 Å². The van der Waals surface area contributed by atoms with Crippen molar-refractivity contribution < 1.29 is 19.2 Å². The molecule has 2 aromatic carbocycles. The van der Waals surface area contributed by atoms with Crippen LogP contribution in [-0.2, 0) is 45.0 Å². The van der Waals surface area contributed by atoms with Gasteiger partial charge < -0.3 is 16.0 Å². The van der Waals surface area contributed by atoms with Crippen molar-refractivity contribution in [3.63, 3.8) is 0 Å². The number of carbonyl (C=O) groups is 4. The highest BCUT2D eigenvalue weighted by atomic mass is 32.1. The molecule has 4 amide bonds. The summed E-state index contributed by atoms with van der Waals surface area (Å²) in [5.74, 6) is -1.45. The highest BCUT2D eigenvalue weighted by Crippen LogP contribution is 2.39. The van der Waals surface area contributed by atoms with Gasteiger partial charge in [-0.1, -0.05) is 56.7 Å². The van der Waals surface area contributed by atoms with E-state index >= 15 is 0 Å². The monoisotopic (exact) mass is 613 g/mol. The van der Waals surface area contributed by atoms with Gasteiger partial charge in [0.15, 0.2) is 0 Å². The zero-order valence-electron chi connectivity index (χ0n) is 24.6. The Morgan fingerprint density at radius 3 is 2.75 bits per heavy atom. The fraction of sp³-hybridized carbons (Fsp3) is 0.375. The first-order chi connectivity index (χ1) is 21.3. The fourth-order valence-corrected chi connectivity index (χ4v) is 7.07. The molecule has 0 saturated heterocycles. The zero-order valence-corrected chi connectivity index (χ0v) is 25.4. The van der Waals surface area contributed by atoms with Crippen LogP contribution in [0.15, 0.2) is 54.0 Å². The van der Waals surface area contributed by atoms with Crippen LogP contribution in [0.1, 0.15) is 49.1 Å². The molecule has 44 heavy (non-hydrogen) atoms. The molecule has 4 N–H and O–H groups in total. The standard InChI is InChI=1S/C32H35N7O4S/c1-3-18(2)28(36-27(40)14-21-17-44-26-10-5-4-9-23(21)26)31(42)35-24-12-11-19-7-6-8-20-13-25(39(29(19)20)32(24)43)30(41)33-15-22-16-34-38-37-22/h4-10,16-18,24-25,28H,3,11-15H2,1-2H3,(H,33,41)(H,35,42)(H,36,40)(H,34,37,38)/t18-,24+,25+,28+/m1/s1. The summed E-state index contributed by atoms with van der Waals surface area (Å²) in [5.41, 5.74) is 4.14. The molecule has 4 heterocycles. The van der Waals surface area contributed by atoms with Crippen LogP contribution in [0.2, 0.25) is 0 Å². The Labute approximate surface area is 258 Å². The predicted octanol–water partition coefficient (Wildman–Crippen LogP) is 2.80. The molecule has 0 saturated carbocycles. The quantitative estimate of drug-likeness (QED) is 0.216. The third-order valence-corrected chi connectivity index (χ3v) is 9.67. The van der Waals surface area contributed by atoms with Crippen LogP contribution in [0.25, 0.3) is 10.1 Å². The Balaban J connectivity index is 1.18. The minimum atomic E-state index is -0.851. The summed E-state index contributed by atoms with van der Waals surface area (Å²) in [5, 5.41) is 22.1. The van der Waals surface area contributed by atoms with Gasteiger partial charge in [0, 0.05) is 11.1 Å². The lowest BCUT2D eigenvalue weighted by molar-refractivity contribution is -0.133. The summed E-state index contributed by atoms with van der Waals surface area (Å²) < 4.78 is 1.11. The molecule has 0 radical (unpaired) electrons. The Kier molecular flexibility index (Phi) is 8.42. The molecule has 0 aliphatic carbocycles. The summed E-state index contributed by atoms with van der Waals surface area (Å²) in [6.07, 6.45) is 3.67. The van der Waals surface area contributed by atoms with Crippen molar-refractivity contribution in [2.24, 2.45) is 5.92 Å². The Bertz CT molecular complexity index is 1700. The third-order valence-electron chi connectivity index (χ3n) is 8.66. The number of aromatic nitrogens is 3. The Morgan fingerprint density at radius 1 is 1.14 bits per heavy atom. The number of carbonyl (C=O) groups excluding carboxylic acids is 4. The summed E-state index contributed by atoms with van der Waals surface area (Å²) in [7, 11) is 0. The predicted molar refractivity (Wildman–Crippen MR) is 167 cm³/mol. The molecule has 2 aliphatic heterocycles. The maximum atomic E-state index is 14.1. The van der Waals surface area contributed by atoms with E-state index in [9.17, 15) is 19.2 Å². The van der Waals surface area contributed by atoms with E-state index in [2.05, 4.69) is 31.4 Å². The van der Waals surface area contributed by atoms with Crippen molar-refractivity contribution in [1.82, 2.24) is 31.4 Å². The van der Waals surface area contributed by atoms with E-state index in [1.165, 1.54) is 6.20 Å². The van der Waals surface area contributed by atoms with Crippen molar-refractivity contribution in [3.8, 4) is 0 Å². The van der Waals surface area contributed by atoms with Gasteiger partial charge in [0.05, 0.1) is 24.8 Å². The van der Waals surface area contributed by atoms with E-state index < -0.39 is 24.0 Å². The number of hydrogen-bond acceptors (Lipinski definition) is 7. The number of aryl methyl sites for hydroxylation is 1. The molecule has 4 aromatic rings. The molecule has 2 aromatic heterocycles. The molecule has 228 valence electrons. The Morgan fingerprint density at radius 2 is 1.95 bits per heavy atom. The zero-order chi connectivity index (χ0) is 30.8. The number of nitrogens with zero attached hydrogens (tertiary/aromatic N) is 3. The van der Waals surface area contributed by atoms with Crippen molar-refractivity contribution in [2.75, 3.05) is 4.90 Å². The van der Waals surface area contributed by atoms with Crippen LogP contribution >= 0.6 is 11.3 Å². The van der Waals surface area contributed by atoms with Gasteiger partial charge in [-0.3, -0.25) is 24.1 Å². The van der Waals surface area contributed by atoms with Crippen LogP contribution in [0.4, 0.5) is 5.69 Å². The van der Waals surface area contributed by atoms with E-state index in [1.807, 2.05) is 61.7 Å². The van der Waals surface area contributed by atoms with Gasteiger partial charge in [0.2, 0.25) is 23.6 Å². The summed E-state index contributed by atoms with van der Waals surface area (Å²) in [6.45, 7) is 4.05. The van der Waals surface area contributed by atoms with Gasteiger partial charge in [0.1, 0.15) is 23.8 Å².